The topological polar surface area (TPSA) is 68.7 Å². The van der Waals surface area contributed by atoms with E-state index in [1.807, 2.05) is 12.1 Å². The van der Waals surface area contributed by atoms with Crippen molar-refractivity contribution in [2.45, 2.75) is 32.6 Å². The fraction of sp³-hybridized carbons (Fsp3) is 0.542. The average Bonchev–Trinajstić information content (AvgIpc) is 2.81. The summed E-state index contributed by atoms with van der Waals surface area (Å²) in [5, 5.41) is 6.75. The Balaban J connectivity index is 0.00000385. The molecular weight excluding hydrogens is 532 g/mol. The molecular formula is C24H37FIN7. The van der Waals surface area contributed by atoms with E-state index in [4.69, 9.17) is 4.99 Å². The van der Waals surface area contributed by atoms with Crippen molar-refractivity contribution >= 4 is 35.9 Å². The third-order valence-electron chi connectivity index (χ3n) is 5.73. The Morgan fingerprint density at radius 2 is 1.82 bits per heavy atom. The maximum atomic E-state index is 13.6. The second kappa shape index (κ2) is 13.6. The number of piperazine rings is 1. The van der Waals surface area contributed by atoms with Crippen LogP contribution in [0.1, 0.15) is 32.8 Å². The molecule has 2 aromatic rings. The van der Waals surface area contributed by atoms with Crippen molar-refractivity contribution in [1.29, 1.82) is 0 Å². The minimum Gasteiger partial charge on any atom is -0.357 e. The molecule has 7 nitrogen and oxygen atoms in total. The van der Waals surface area contributed by atoms with Crippen molar-refractivity contribution in [2.75, 3.05) is 57.3 Å². The molecule has 182 valence electrons. The van der Waals surface area contributed by atoms with E-state index in [0.29, 0.717) is 6.54 Å². The summed E-state index contributed by atoms with van der Waals surface area (Å²) in [5.74, 6) is 1.42. The Labute approximate surface area is 214 Å². The van der Waals surface area contributed by atoms with Crippen LogP contribution in [0.15, 0.2) is 47.7 Å². The van der Waals surface area contributed by atoms with Gasteiger partial charge in [-0.05, 0) is 43.7 Å². The maximum absolute atomic E-state index is 13.6. The predicted molar refractivity (Wildman–Crippen MR) is 144 cm³/mol. The zero-order valence-corrected chi connectivity index (χ0v) is 22.3. The highest BCUT2D eigenvalue weighted by molar-refractivity contribution is 14.0. The quantitative estimate of drug-likeness (QED) is 0.209. The number of hydrogen-bond acceptors (Lipinski definition) is 5. The summed E-state index contributed by atoms with van der Waals surface area (Å²) in [6, 6.07) is 8.64. The van der Waals surface area contributed by atoms with E-state index in [0.717, 1.165) is 69.7 Å². The molecule has 2 N–H and O–H groups in total. The number of benzene rings is 1. The van der Waals surface area contributed by atoms with Gasteiger partial charge in [-0.25, -0.2) is 14.4 Å². The summed E-state index contributed by atoms with van der Waals surface area (Å²) in [7, 11) is 0. The lowest BCUT2D eigenvalue weighted by Gasteiger charge is -2.34. The molecule has 9 heteroatoms. The van der Waals surface area contributed by atoms with Crippen LogP contribution in [0.25, 0.3) is 0 Å². The zero-order valence-electron chi connectivity index (χ0n) is 19.9. The Morgan fingerprint density at radius 3 is 2.48 bits per heavy atom. The van der Waals surface area contributed by atoms with Crippen LogP contribution in [0.2, 0.25) is 0 Å². The lowest BCUT2D eigenvalue weighted by atomic mass is 9.85. The van der Waals surface area contributed by atoms with Crippen molar-refractivity contribution in [3.8, 4) is 0 Å². The van der Waals surface area contributed by atoms with E-state index in [2.05, 4.69) is 51.2 Å². The molecule has 2 heterocycles. The van der Waals surface area contributed by atoms with Crippen LogP contribution in [0.5, 0.6) is 0 Å². The maximum Gasteiger partial charge on any atom is 0.225 e. The molecule has 1 aromatic heterocycles. The van der Waals surface area contributed by atoms with E-state index in [1.54, 1.807) is 24.5 Å². The highest BCUT2D eigenvalue weighted by atomic mass is 127. The van der Waals surface area contributed by atoms with Crippen LogP contribution in [-0.4, -0.2) is 73.2 Å². The van der Waals surface area contributed by atoms with Crippen LogP contribution in [-0.2, 0) is 5.41 Å². The Hall–Kier alpha value is -2.01. The van der Waals surface area contributed by atoms with Crippen LogP contribution in [0, 0.1) is 5.82 Å². The second-order valence-corrected chi connectivity index (χ2v) is 8.75. The smallest absolute Gasteiger partial charge is 0.225 e. The third kappa shape index (κ3) is 8.69. The van der Waals surface area contributed by atoms with E-state index < -0.39 is 0 Å². The molecule has 0 bridgehead atoms. The summed E-state index contributed by atoms with van der Waals surface area (Å²) in [5.41, 5.74) is 0.712. The van der Waals surface area contributed by atoms with E-state index in [9.17, 15) is 4.39 Å². The van der Waals surface area contributed by atoms with Gasteiger partial charge in [0.2, 0.25) is 5.95 Å². The number of anilines is 1. The van der Waals surface area contributed by atoms with Gasteiger partial charge >= 0.3 is 0 Å². The molecule has 33 heavy (non-hydrogen) atoms. The zero-order chi connectivity index (χ0) is 22.8. The third-order valence-corrected chi connectivity index (χ3v) is 5.73. The van der Waals surface area contributed by atoms with Crippen molar-refractivity contribution in [3.63, 3.8) is 0 Å². The van der Waals surface area contributed by atoms with Crippen LogP contribution >= 0.6 is 24.0 Å². The van der Waals surface area contributed by atoms with Gasteiger partial charge in [-0.15, -0.1) is 24.0 Å². The monoisotopic (exact) mass is 569 g/mol. The fourth-order valence-electron chi connectivity index (χ4n) is 3.75. The van der Waals surface area contributed by atoms with E-state index in [-0.39, 0.29) is 35.2 Å². The molecule has 1 saturated heterocycles. The van der Waals surface area contributed by atoms with E-state index >= 15 is 0 Å². The molecule has 1 aliphatic rings. The van der Waals surface area contributed by atoms with Gasteiger partial charge < -0.3 is 15.5 Å². The largest absolute Gasteiger partial charge is 0.357 e. The van der Waals surface area contributed by atoms with Crippen molar-refractivity contribution < 1.29 is 4.39 Å². The van der Waals surface area contributed by atoms with Crippen LogP contribution in [0.3, 0.4) is 0 Å². The number of nitrogens with one attached hydrogen (secondary N) is 2. The molecule has 0 atom stereocenters. The summed E-state index contributed by atoms with van der Waals surface area (Å²) in [6.07, 6.45) is 4.63. The predicted octanol–water partition coefficient (Wildman–Crippen LogP) is 3.28. The molecule has 0 spiro atoms. The number of nitrogens with zero attached hydrogens (tertiary/aromatic N) is 5. The van der Waals surface area contributed by atoms with E-state index in [1.165, 1.54) is 6.07 Å². The fourth-order valence-corrected chi connectivity index (χ4v) is 3.75. The Morgan fingerprint density at radius 1 is 1.09 bits per heavy atom. The molecule has 0 radical (unpaired) electrons. The number of aromatic nitrogens is 2. The minimum absolute atomic E-state index is 0. The van der Waals surface area contributed by atoms with Crippen LogP contribution < -0.4 is 15.5 Å². The first-order valence-electron chi connectivity index (χ1n) is 11.5. The van der Waals surface area contributed by atoms with Gasteiger partial charge in [0.1, 0.15) is 5.82 Å². The number of halogens is 2. The SMILES string of the molecule is CCNC(=NCC(C)(C)c1cccc(F)c1)NCCCN1CCN(c2ncccn2)CC1.I. The summed E-state index contributed by atoms with van der Waals surface area (Å²) in [6.45, 7) is 13.5. The number of hydrogen-bond donors (Lipinski definition) is 2. The van der Waals surface area contributed by atoms with Crippen molar-refractivity contribution in [1.82, 2.24) is 25.5 Å². The molecule has 0 saturated carbocycles. The first kappa shape index (κ1) is 27.2. The molecule has 1 aromatic carbocycles. The first-order valence-corrected chi connectivity index (χ1v) is 11.5. The summed E-state index contributed by atoms with van der Waals surface area (Å²) in [4.78, 5) is 18.2. The van der Waals surface area contributed by atoms with Gasteiger partial charge in [0.05, 0.1) is 6.54 Å². The molecule has 1 fully saturated rings. The molecule has 0 aliphatic carbocycles. The van der Waals surface area contributed by atoms with Gasteiger partial charge in [0, 0.05) is 57.1 Å². The molecule has 0 amide bonds. The Kier molecular flexibility index (Phi) is 11.3. The molecule has 1 aliphatic heterocycles. The normalized spacial score (nSPS) is 15.2. The molecule has 0 unspecified atom stereocenters. The average molecular weight is 570 g/mol. The van der Waals surface area contributed by atoms with Gasteiger partial charge in [0.25, 0.3) is 0 Å². The lowest BCUT2D eigenvalue weighted by molar-refractivity contribution is 0.254. The van der Waals surface area contributed by atoms with Gasteiger partial charge in [-0.3, -0.25) is 9.89 Å². The van der Waals surface area contributed by atoms with Crippen molar-refractivity contribution in [2.24, 2.45) is 4.99 Å². The number of guanidine groups is 1. The van der Waals surface area contributed by atoms with Crippen LogP contribution in [0.4, 0.5) is 10.3 Å². The minimum atomic E-state index is -0.243. The first-order chi connectivity index (χ1) is 15.5. The Bertz CT molecular complexity index is 855. The summed E-state index contributed by atoms with van der Waals surface area (Å²) >= 11 is 0. The van der Waals surface area contributed by atoms with Gasteiger partial charge in [-0.2, -0.15) is 0 Å². The highest BCUT2D eigenvalue weighted by Gasteiger charge is 2.21. The molecule has 3 rings (SSSR count). The number of rotatable bonds is 9. The number of aliphatic imine (C=N–C) groups is 1. The van der Waals surface area contributed by atoms with Gasteiger partial charge in [-0.1, -0.05) is 26.0 Å². The van der Waals surface area contributed by atoms with Gasteiger partial charge in [0.15, 0.2) is 5.96 Å². The van der Waals surface area contributed by atoms with Crippen molar-refractivity contribution in [3.05, 3.63) is 54.1 Å². The highest BCUT2D eigenvalue weighted by Crippen LogP contribution is 2.24. The standard InChI is InChI=1S/C24H36FN7.HI/c1-4-26-22(30-19-24(2,3)20-8-5-9-21(25)18-20)27-12-7-13-31-14-16-32(17-15-31)23-28-10-6-11-29-23;/h5-6,8-11,18H,4,7,12-17,19H2,1-3H3,(H2,26,27,30);1H. The lowest BCUT2D eigenvalue weighted by Crippen LogP contribution is -2.47. The summed E-state index contributed by atoms with van der Waals surface area (Å²) < 4.78 is 13.6. The second-order valence-electron chi connectivity index (χ2n) is 8.75.